The highest BCUT2D eigenvalue weighted by atomic mass is 35.5. The molecule has 0 spiro atoms. The Bertz CT molecular complexity index is 1400. The van der Waals surface area contributed by atoms with Crippen LogP contribution in [0, 0.1) is 23.2 Å². The Morgan fingerprint density at radius 2 is 1.93 bits per heavy atom. The topological polar surface area (TPSA) is 85.4 Å². The van der Waals surface area contributed by atoms with Gasteiger partial charge in [-0.25, -0.2) is 4.99 Å². The molecule has 7 nitrogen and oxygen atoms in total. The van der Waals surface area contributed by atoms with Gasteiger partial charge in [-0.3, -0.25) is 9.69 Å². The number of halogens is 2. The summed E-state index contributed by atoms with van der Waals surface area (Å²) in [7, 11) is 0. The molecule has 0 aromatic heterocycles. The van der Waals surface area contributed by atoms with Crippen LogP contribution >= 0.6 is 23.2 Å². The predicted octanol–water partition coefficient (Wildman–Crippen LogP) is 5.58. The van der Waals surface area contributed by atoms with Crippen molar-refractivity contribution in [2.75, 3.05) is 26.2 Å². The molecule has 9 heteroatoms. The molecule has 226 valence electrons. The second-order valence-corrected chi connectivity index (χ2v) is 14.4. The average Bonchev–Trinajstić information content (AvgIpc) is 3.27. The SMILES string of the molecule is C[C@H]1[C@@H](N2CCN(C(N)=Nc3ccc4c(c3)CN([C@H](CO)Cc3ccc(Cl)cc3Cl)C4=O)C[C@@H]2C)C[C@@H]2C[C@@H]1C2(C)C. The van der Waals surface area contributed by atoms with Gasteiger partial charge in [0.25, 0.3) is 5.91 Å². The van der Waals surface area contributed by atoms with Gasteiger partial charge in [0.05, 0.1) is 18.3 Å². The van der Waals surface area contributed by atoms with Gasteiger partial charge in [0.1, 0.15) is 0 Å². The molecular weight excluding hydrogens is 569 g/mol. The molecule has 7 rings (SSSR count). The molecule has 4 fully saturated rings. The van der Waals surface area contributed by atoms with E-state index in [1.807, 2.05) is 24.3 Å². The molecule has 3 aliphatic carbocycles. The third kappa shape index (κ3) is 5.21. The Morgan fingerprint density at radius 1 is 1.14 bits per heavy atom. The molecule has 42 heavy (non-hydrogen) atoms. The summed E-state index contributed by atoms with van der Waals surface area (Å²) in [5, 5.41) is 11.3. The normalized spacial score (nSPS) is 29.8. The Hall–Kier alpha value is -2.32. The van der Waals surface area contributed by atoms with Crippen LogP contribution in [0.4, 0.5) is 5.69 Å². The number of aliphatic imine (C=N–C) groups is 1. The monoisotopic (exact) mass is 611 g/mol. The first-order chi connectivity index (χ1) is 20.0. The molecule has 2 aromatic rings. The highest BCUT2D eigenvalue weighted by Crippen LogP contribution is 2.62. The fourth-order valence-corrected chi connectivity index (χ4v) is 8.83. The van der Waals surface area contributed by atoms with E-state index in [1.54, 1.807) is 17.0 Å². The highest BCUT2D eigenvalue weighted by molar-refractivity contribution is 6.35. The quantitative estimate of drug-likeness (QED) is 0.329. The molecule has 2 aliphatic heterocycles. The van der Waals surface area contributed by atoms with Crippen molar-refractivity contribution in [2.24, 2.45) is 33.9 Å². The van der Waals surface area contributed by atoms with Crippen molar-refractivity contribution in [2.45, 2.75) is 71.6 Å². The van der Waals surface area contributed by atoms with Crippen LogP contribution in [0.2, 0.25) is 10.0 Å². The summed E-state index contributed by atoms with van der Waals surface area (Å²) in [4.78, 5) is 24.7. The fourth-order valence-electron chi connectivity index (χ4n) is 8.34. The molecule has 5 aliphatic rings. The maximum atomic E-state index is 13.3. The number of guanidine groups is 1. The number of carbonyl (C=O) groups excluding carboxylic acids is 1. The number of aliphatic hydroxyl groups excluding tert-OH is 1. The van der Waals surface area contributed by atoms with Crippen LogP contribution in [-0.2, 0) is 13.0 Å². The number of hydrogen-bond acceptors (Lipinski definition) is 4. The molecule has 0 unspecified atom stereocenters. The molecule has 2 heterocycles. The predicted molar refractivity (Wildman–Crippen MR) is 169 cm³/mol. The van der Waals surface area contributed by atoms with E-state index in [0.29, 0.717) is 52.0 Å². The van der Waals surface area contributed by atoms with Gasteiger partial charge in [-0.15, -0.1) is 0 Å². The highest BCUT2D eigenvalue weighted by Gasteiger charge is 2.57. The number of fused-ring (bicyclic) bond motifs is 3. The third-order valence-electron chi connectivity index (χ3n) is 11.0. The lowest BCUT2D eigenvalue weighted by Crippen LogP contribution is -2.65. The van der Waals surface area contributed by atoms with E-state index in [4.69, 9.17) is 33.9 Å². The van der Waals surface area contributed by atoms with Gasteiger partial charge in [0.2, 0.25) is 0 Å². The minimum Gasteiger partial charge on any atom is -0.394 e. The van der Waals surface area contributed by atoms with Crippen molar-refractivity contribution >= 4 is 40.8 Å². The average molecular weight is 613 g/mol. The van der Waals surface area contributed by atoms with Gasteiger partial charge < -0.3 is 20.6 Å². The summed E-state index contributed by atoms with van der Waals surface area (Å²) in [6.07, 6.45) is 3.15. The zero-order valence-corrected chi connectivity index (χ0v) is 26.6. The Morgan fingerprint density at radius 3 is 2.60 bits per heavy atom. The van der Waals surface area contributed by atoms with Crippen LogP contribution in [0.25, 0.3) is 0 Å². The number of nitrogens with two attached hydrogens (primary N) is 1. The Balaban J connectivity index is 1.10. The van der Waals surface area contributed by atoms with Gasteiger partial charge in [0.15, 0.2) is 5.96 Å². The summed E-state index contributed by atoms with van der Waals surface area (Å²) >= 11 is 12.4. The van der Waals surface area contributed by atoms with Crippen molar-refractivity contribution in [1.29, 1.82) is 0 Å². The molecule has 1 amide bonds. The minimum absolute atomic E-state index is 0.0967. The van der Waals surface area contributed by atoms with E-state index < -0.39 is 6.04 Å². The standard InChI is InChI=1S/C33H43Cl2N5O2/c1-19-16-38(9-10-39(19)30-14-23-13-28(20(30)2)33(23,3)4)32(36)37-25-7-8-27-22(11-25)17-40(31(27)42)26(18-41)12-21-5-6-24(34)15-29(21)35/h5-8,11,15,19-20,23,26,28,30,41H,9-10,12-14,16-18H2,1-4H3,(H2,36,37)/t19-,20+,23-,26-,28-,30-/m0/s1. The molecule has 0 radical (unpaired) electrons. The van der Waals surface area contributed by atoms with Crippen LogP contribution < -0.4 is 5.73 Å². The van der Waals surface area contributed by atoms with Crippen molar-refractivity contribution < 1.29 is 9.90 Å². The van der Waals surface area contributed by atoms with Crippen molar-refractivity contribution in [3.8, 4) is 0 Å². The first-order valence-corrected chi connectivity index (χ1v) is 16.1. The van der Waals surface area contributed by atoms with E-state index >= 15 is 0 Å². The zero-order chi connectivity index (χ0) is 29.9. The number of amides is 1. The molecule has 1 saturated heterocycles. The number of benzene rings is 2. The molecule has 6 atom stereocenters. The lowest BCUT2D eigenvalue weighted by atomic mass is 9.44. The first kappa shape index (κ1) is 29.7. The number of piperazine rings is 1. The Labute approximate surface area is 259 Å². The van der Waals surface area contributed by atoms with E-state index in [2.05, 4.69) is 37.5 Å². The largest absolute Gasteiger partial charge is 0.394 e. The van der Waals surface area contributed by atoms with E-state index in [-0.39, 0.29) is 12.5 Å². The van der Waals surface area contributed by atoms with E-state index in [0.717, 1.165) is 54.2 Å². The summed E-state index contributed by atoms with van der Waals surface area (Å²) < 4.78 is 0. The first-order valence-electron chi connectivity index (χ1n) is 15.3. The molecule has 3 N–H and O–H groups in total. The lowest BCUT2D eigenvalue weighted by molar-refractivity contribution is -0.147. The number of hydrogen-bond donors (Lipinski definition) is 2. The zero-order valence-electron chi connectivity index (χ0n) is 25.1. The number of nitrogens with zero attached hydrogens (tertiary/aromatic N) is 4. The smallest absolute Gasteiger partial charge is 0.254 e. The van der Waals surface area contributed by atoms with Crippen molar-refractivity contribution in [3.63, 3.8) is 0 Å². The van der Waals surface area contributed by atoms with Crippen LogP contribution in [0.15, 0.2) is 41.4 Å². The van der Waals surface area contributed by atoms with Crippen LogP contribution in [0.5, 0.6) is 0 Å². The molecule has 2 aromatic carbocycles. The summed E-state index contributed by atoms with van der Waals surface area (Å²) in [5.41, 5.74) is 10.2. The minimum atomic E-state index is -0.401. The van der Waals surface area contributed by atoms with Gasteiger partial charge >= 0.3 is 0 Å². The van der Waals surface area contributed by atoms with Gasteiger partial charge in [-0.2, -0.15) is 0 Å². The maximum Gasteiger partial charge on any atom is 0.254 e. The van der Waals surface area contributed by atoms with Gasteiger partial charge in [0, 0.05) is 53.9 Å². The van der Waals surface area contributed by atoms with Gasteiger partial charge in [-0.1, -0.05) is 50.0 Å². The third-order valence-corrected chi connectivity index (χ3v) is 11.6. The van der Waals surface area contributed by atoms with E-state index in [1.165, 1.54) is 12.8 Å². The van der Waals surface area contributed by atoms with Crippen LogP contribution in [-0.4, -0.2) is 76.0 Å². The number of carbonyl (C=O) groups is 1. The van der Waals surface area contributed by atoms with Crippen molar-refractivity contribution in [3.05, 3.63) is 63.1 Å². The van der Waals surface area contributed by atoms with Gasteiger partial charge in [-0.05, 0) is 90.8 Å². The van der Waals surface area contributed by atoms with Crippen LogP contribution in [0.1, 0.15) is 62.0 Å². The second-order valence-electron chi connectivity index (χ2n) is 13.6. The maximum absolute atomic E-state index is 13.3. The Kier molecular flexibility index (Phi) is 8.01. The summed E-state index contributed by atoms with van der Waals surface area (Å²) in [5.74, 6) is 2.84. The lowest BCUT2D eigenvalue weighted by Gasteiger charge is -2.64. The number of rotatable bonds is 6. The number of aliphatic hydroxyl groups is 1. The van der Waals surface area contributed by atoms with E-state index in [9.17, 15) is 9.90 Å². The van der Waals surface area contributed by atoms with Crippen molar-refractivity contribution in [1.82, 2.24) is 14.7 Å². The second kappa shape index (κ2) is 11.3. The fraction of sp³-hybridized carbons (Fsp3) is 0.576. The molecular formula is C33H43Cl2N5O2. The molecule has 3 saturated carbocycles. The van der Waals surface area contributed by atoms with Crippen LogP contribution in [0.3, 0.4) is 0 Å². The summed E-state index contributed by atoms with van der Waals surface area (Å²) in [6, 6.07) is 11.6. The molecule has 2 bridgehead atoms. The summed E-state index contributed by atoms with van der Waals surface area (Å²) in [6.45, 7) is 12.7.